The zero-order valence-electron chi connectivity index (χ0n) is 19.9. The van der Waals surface area contributed by atoms with Crippen LogP contribution in [0.15, 0.2) is 91.0 Å². The van der Waals surface area contributed by atoms with Crippen molar-refractivity contribution in [1.82, 2.24) is 19.6 Å². The average molecular weight is 483 g/mol. The molecule has 0 bridgehead atoms. The summed E-state index contributed by atoms with van der Waals surface area (Å²) in [4.78, 5) is 30.2. The Labute approximate surface area is 209 Å². The topological polar surface area (TPSA) is 58.4 Å². The first-order valence-corrected chi connectivity index (χ1v) is 12.1. The Morgan fingerprint density at radius 3 is 2.22 bits per heavy atom. The summed E-state index contributed by atoms with van der Waals surface area (Å²) in [6.45, 7) is 2.34. The molecule has 0 fully saturated rings. The van der Waals surface area contributed by atoms with Crippen LogP contribution < -0.4 is 0 Å². The summed E-state index contributed by atoms with van der Waals surface area (Å²) in [5.41, 5.74) is 3.70. The second-order valence-corrected chi connectivity index (χ2v) is 8.94. The molecule has 7 heteroatoms. The Morgan fingerprint density at radius 1 is 0.861 bits per heavy atom. The third kappa shape index (κ3) is 5.35. The maximum absolute atomic E-state index is 13.6. The first-order chi connectivity index (χ1) is 17.6. The van der Waals surface area contributed by atoms with Gasteiger partial charge in [0.15, 0.2) is 5.69 Å². The van der Waals surface area contributed by atoms with E-state index in [-0.39, 0.29) is 23.3 Å². The van der Waals surface area contributed by atoms with Crippen molar-refractivity contribution < 1.29 is 14.0 Å². The molecular weight excluding hydrogens is 455 g/mol. The molecule has 0 radical (unpaired) electrons. The van der Waals surface area contributed by atoms with Crippen LogP contribution in [0, 0.1) is 5.82 Å². The lowest BCUT2D eigenvalue weighted by Gasteiger charge is -2.27. The zero-order chi connectivity index (χ0) is 24.9. The van der Waals surface area contributed by atoms with E-state index in [4.69, 9.17) is 0 Å². The van der Waals surface area contributed by atoms with Gasteiger partial charge in [-0.3, -0.25) is 14.3 Å². The Morgan fingerprint density at radius 2 is 1.53 bits per heavy atom. The van der Waals surface area contributed by atoms with Crippen molar-refractivity contribution in [2.45, 2.75) is 26.1 Å². The molecule has 0 spiro atoms. The Kier molecular flexibility index (Phi) is 6.89. The van der Waals surface area contributed by atoms with Crippen molar-refractivity contribution in [3.8, 4) is 0 Å². The Balaban J connectivity index is 1.34. The molecule has 2 amide bonds. The molecule has 182 valence electrons. The van der Waals surface area contributed by atoms with Crippen LogP contribution >= 0.6 is 0 Å². The normalized spacial score (nSPS) is 12.9. The fourth-order valence-corrected chi connectivity index (χ4v) is 4.43. The summed E-state index contributed by atoms with van der Waals surface area (Å²) < 4.78 is 14.9. The fraction of sp³-hybridized carbons (Fsp3) is 0.207. The molecule has 2 heterocycles. The molecule has 1 aliphatic heterocycles. The van der Waals surface area contributed by atoms with E-state index in [1.807, 2.05) is 48.5 Å². The maximum Gasteiger partial charge on any atom is 0.274 e. The molecule has 1 aliphatic rings. The third-order valence-electron chi connectivity index (χ3n) is 6.39. The second-order valence-electron chi connectivity index (χ2n) is 8.94. The minimum absolute atomic E-state index is 0.184. The van der Waals surface area contributed by atoms with Gasteiger partial charge in [-0.25, -0.2) is 4.39 Å². The number of benzene rings is 3. The van der Waals surface area contributed by atoms with Gasteiger partial charge in [-0.15, -0.1) is 0 Å². The fourth-order valence-electron chi connectivity index (χ4n) is 4.43. The summed E-state index contributed by atoms with van der Waals surface area (Å²) in [6, 6.07) is 27.7. The summed E-state index contributed by atoms with van der Waals surface area (Å²) >= 11 is 0. The van der Waals surface area contributed by atoms with Gasteiger partial charge < -0.3 is 9.80 Å². The van der Waals surface area contributed by atoms with Crippen LogP contribution in [-0.4, -0.2) is 44.5 Å². The van der Waals surface area contributed by atoms with Crippen LogP contribution in [0.25, 0.3) is 0 Å². The highest BCUT2D eigenvalue weighted by molar-refractivity contribution is 5.98. The van der Waals surface area contributed by atoms with Crippen LogP contribution in [-0.2, 0) is 26.1 Å². The molecule has 3 aromatic carbocycles. The number of carbonyl (C=O) groups excluding carboxylic acids is 2. The molecule has 0 unspecified atom stereocenters. The lowest BCUT2D eigenvalue weighted by molar-refractivity contribution is 0.0680. The van der Waals surface area contributed by atoms with E-state index >= 15 is 0 Å². The SMILES string of the molecule is O=C(c1cc2n(n1)CCN(Cc1ccc(F)cc1)C2=O)N(CCc1ccccc1)Cc1ccccc1. The minimum atomic E-state index is -0.308. The number of hydrogen-bond donors (Lipinski definition) is 0. The number of halogens is 1. The molecular formula is C29H27FN4O2. The molecule has 0 aliphatic carbocycles. The number of rotatable bonds is 8. The zero-order valence-corrected chi connectivity index (χ0v) is 19.9. The van der Waals surface area contributed by atoms with Crippen molar-refractivity contribution in [1.29, 1.82) is 0 Å². The van der Waals surface area contributed by atoms with Crippen molar-refractivity contribution >= 4 is 11.8 Å². The second kappa shape index (κ2) is 10.6. The summed E-state index contributed by atoms with van der Waals surface area (Å²) in [6.07, 6.45) is 0.720. The molecule has 4 aromatic rings. The average Bonchev–Trinajstić information content (AvgIpc) is 3.35. The number of amides is 2. The van der Waals surface area contributed by atoms with Crippen LogP contribution in [0.1, 0.15) is 37.7 Å². The highest BCUT2D eigenvalue weighted by atomic mass is 19.1. The predicted molar refractivity (Wildman–Crippen MR) is 135 cm³/mol. The van der Waals surface area contributed by atoms with Gasteiger partial charge >= 0.3 is 0 Å². The summed E-state index contributed by atoms with van der Waals surface area (Å²) in [5.74, 6) is -0.692. The number of fused-ring (bicyclic) bond motifs is 1. The molecule has 5 rings (SSSR count). The van der Waals surface area contributed by atoms with Gasteiger partial charge in [0.05, 0.1) is 6.54 Å². The smallest absolute Gasteiger partial charge is 0.274 e. The van der Waals surface area contributed by atoms with E-state index in [0.717, 1.165) is 23.1 Å². The van der Waals surface area contributed by atoms with Crippen LogP contribution in [0.5, 0.6) is 0 Å². The maximum atomic E-state index is 13.6. The van der Waals surface area contributed by atoms with E-state index in [9.17, 15) is 14.0 Å². The molecule has 1 aromatic heterocycles. The van der Waals surface area contributed by atoms with E-state index in [2.05, 4.69) is 17.2 Å². The van der Waals surface area contributed by atoms with Crippen LogP contribution in [0.4, 0.5) is 4.39 Å². The highest BCUT2D eigenvalue weighted by Gasteiger charge is 2.29. The van der Waals surface area contributed by atoms with Gasteiger partial charge in [0.2, 0.25) is 0 Å². The Hall–Kier alpha value is -4.26. The van der Waals surface area contributed by atoms with Gasteiger partial charge in [0, 0.05) is 32.2 Å². The van der Waals surface area contributed by atoms with Crippen molar-refractivity contribution in [2.75, 3.05) is 13.1 Å². The van der Waals surface area contributed by atoms with Crippen LogP contribution in [0.2, 0.25) is 0 Å². The van der Waals surface area contributed by atoms with Gasteiger partial charge in [-0.1, -0.05) is 72.8 Å². The lowest BCUT2D eigenvalue weighted by atomic mass is 10.1. The first kappa shape index (κ1) is 23.5. The molecule has 0 saturated carbocycles. The van der Waals surface area contributed by atoms with Gasteiger partial charge in [0.1, 0.15) is 11.5 Å². The summed E-state index contributed by atoms with van der Waals surface area (Å²) in [5, 5.41) is 4.50. The number of carbonyl (C=O) groups is 2. The van der Waals surface area contributed by atoms with Crippen molar-refractivity contribution in [2.24, 2.45) is 0 Å². The predicted octanol–water partition coefficient (Wildman–Crippen LogP) is 4.56. The minimum Gasteiger partial charge on any atom is -0.333 e. The van der Waals surface area contributed by atoms with Gasteiger partial charge in [-0.2, -0.15) is 5.10 Å². The van der Waals surface area contributed by atoms with Gasteiger partial charge in [0.25, 0.3) is 11.8 Å². The largest absolute Gasteiger partial charge is 0.333 e. The Bertz CT molecular complexity index is 1340. The van der Waals surface area contributed by atoms with E-state index in [1.54, 1.807) is 32.7 Å². The monoisotopic (exact) mass is 482 g/mol. The molecule has 36 heavy (non-hydrogen) atoms. The third-order valence-corrected chi connectivity index (χ3v) is 6.39. The molecule has 0 N–H and O–H groups in total. The van der Waals surface area contributed by atoms with E-state index in [0.29, 0.717) is 38.4 Å². The number of aromatic nitrogens is 2. The summed E-state index contributed by atoms with van der Waals surface area (Å²) in [7, 11) is 0. The van der Waals surface area contributed by atoms with E-state index < -0.39 is 0 Å². The molecule has 6 nitrogen and oxygen atoms in total. The number of nitrogens with zero attached hydrogens (tertiary/aromatic N) is 4. The van der Waals surface area contributed by atoms with Crippen molar-refractivity contribution in [3.63, 3.8) is 0 Å². The number of hydrogen-bond acceptors (Lipinski definition) is 3. The first-order valence-electron chi connectivity index (χ1n) is 12.1. The lowest BCUT2D eigenvalue weighted by Crippen LogP contribution is -2.39. The van der Waals surface area contributed by atoms with E-state index in [1.165, 1.54) is 12.1 Å². The van der Waals surface area contributed by atoms with Crippen LogP contribution in [0.3, 0.4) is 0 Å². The van der Waals surface area contributed by atoms with Crippen molar-refractivity contribution in [3.05, 3.63) is 125 Å². The molecule has 0 atom stereocenters. The standard InChI is InChI=1S/C29H27FN4O2/c30-25-13-11-24(12-14-25)21-33-17-18-34-27(29(33)36)19-26(31-34)28(35)32(20-23-9-5-2-6-10-23)16-15-22-7-3-1-4-8-22/h1-14,19H,15-18,20-21H2. The quantitative estimate of drug-likeness (QED) is 0.370. The highest BCUT2D eigenvalue weighted by Crippen LogP contribution is 2.19. The van der Waals surface area contributed by atoms with Gasteiger partial charge in [-0.05, 0) is 35.2 Å². The molecule has 0 saturated heterocycles.